The molecular formula is C18H29NO. The summed E-state index contributed by atoms with van der Waals surface area (Å²) in [6, 6.07) is 8.55. The summed E-state index contributed by atoms with van der Waals surface area (Å²) in [6.45, 7) is 8.61. The number of aliphatic hydroxyl groups excluding tert-OH is 1. The Hall–Kier alpha value is -0.860. The Morgan fingerprint density at radius 3 is 2.05 bits per heavy atom. The zero-order valence-electron chi connectivity index (χ0n) is 13.2. The maximum atomic E-state index is 11.0. The molecule has 0 heterocycles. The van der Waals surface area contributed by atoms with Gasteiger partial charge in [0.15, 0.2) is 0 Å². The molecule has 0 radical (unpaired) electrons. The molecule has 1 aromatic rings. The molecule has 1 fully saturated rings. The monoisotopic (exact) mass is 275 g/mol. The third-order valence-electron chi connectivity index (χ3n) is 5.08. The fourth-order valence-electron chi connectivity index (χ4n) is 3.85. The van der Waals surface area contributed by atoms with Crippen molar-refractivity contribution in [1.29, 1.82) is 0 Å². The van der Waals surface area contributed by atoms with Crippen molar-refractivity contribution in [2.75, 3.05) is 13.1 Å². The third kappa shape index (κ3) is 2.77. The van der Waals surface area contributed by atoms with Crippen LogP contribution in [0.1, 0.15) is 63.7 Å². The van der Waals surface area contributed by atoms with Gasteiger partial charge in [-0.1, -0.05) is 57.9 Å². The Balaban J connectivity index is 2.28. The summed E-state index contributed by atoms with van der Waals surface area (Å²) >= 11 is 0. The largest absolute Gasteiger partial charge is 0.386 e. The first-order chi connectivity index (χ1) is 9.67. The van der Waals surface area contributed by atoms with E-state index in [1.165, 1.54) is 18.4 Å². The molecule has 1 aromatic carbocycles. The van der Waals surface area contributed by atoms with E-state index in [9.17, 15) is 5.11 Å². The smallest absolute Gasteiger partial charge is 0.0973 e. The minimum absolute atomic E-state index is 0.0444. The first-order valence-electron chi connectivity index (χ1n) is 8.19. The summed E-state index contributed by atoms with van der Waals surface area (Å²) in [5, 5.41) is 11.0. The minimum Gasteiger partial charge on any atom is -0.386 e. The second-order valence-corrected chi connectivity index (χ2v) is 5.98. The topological polar surface area (TPSA) is 23.5 Å². The van der Waals surface area contributed by atoms with Gasteiger partial charge in [-0.05, 0) is 43.5 Å². The van der Waals surface area contributed by atoms with E-state index in [1.807, 2.05) is 0 Å². The van der Waals surface area contributed by atoms with Crippen LogP contribution in [0.25, 0.3) is 0 Å². The van der Waals surface area contributed by atoms with Gasteiger partial charge in [-0.25, -0.2) is 0 Å². The number of nitrogens with zero attached hydrogens (tertiary/aromatic N) is 1. The number of hydrogen-bond acceptors (Lipinski definition) is 2. The van der Waals surface area contributed by atoms with Gasteiger partial charge in [-0.2, -0.15) is 0 Å². The lowest BCUT2D eigenvalue weighted by Crippen LogP contribution is -2.51. The molecule has 0 aliphatic heterocycles. The molecule has 0 bridgehead atoms. The lowest BCUT2D eigenvalue weighted by atomic mass is 9.83. The number of likely N-dealkylation sites (N-methyl/N-ethyl adjacent to an activating group) is 1. The number of hydrogen-bond donors (Lipinski definition) is 1. The predicted molar refractivity (Wildman–Crippen MR) is 84.9 cm³/mol. The lowest BCUT2D eigenvalue weighted by molar-refractivity contribution is -0.0268. The van der Waals surface area contributed by atoms with Crippen LogP contribution < -0.4 is 0 Å². The van der Waals surface area contributed by atoms with Crippen molar-refractivity contribution in [3.8, 4) is 0 Å². The van der Waals surface area contributed by atoms with Gasteiger partial charge in [0.2, 0.25) is 0 Å². The van der Waals surface area contributed by atoms with Crippen LogP contribution in [0.4, 0.5) is 0 Å². The van der Waals surface area contributed by atoms with Crippen LogP contribution in [-0.4, -0.2) is 28.6 Å². The molecule has 1 atom stereocenters. The van der Waals surface area contributed by atoms with Crippen molar-refractivity contribution in [3.63, 3.8) is 0 Å². The molecular weight excluding hydrogens is 246 g/mol. The quantitative estimate of drug-likeness (QED) is 0.850. The van der Waals surface area contributed by atoms with Crippen LogP contribution in [-0.2, 0) is 6.42 Å². The minimum atomic E-state index is -0.365. The molecule has 112 valence electrons. The lowest BCUT2D eigenvalue weighted by Gasteiger charge is -2.44. The van der Waals surface area contributed by atoms with E-state index in [0.717, 1.165) is 37.9 Å². The van der Waals surface area contributed by atoms with Crippen LogP contribution >= 0.6 is 0 Å². The highest BCUT2D eigenvalue weighted by Gasteiger charge is 2.44. The van der Waals surface area contributed by atoms with Gasteiger partial charge in [0.1, 0.15) is 0 Å². The van der Waals surface area contributed by atoms with Gasteiger partial charge in [0, 0.05) is 0 Å². The molecule has 0 saturated heterocycles. The average Bonchev–Trinajstić information content (AvgIpc) is 2.98. The van der Waals surface area contributed by atoms with Gasteiger partial charge in [0.05, 0.1) is 11.6 Å². The average molecular weight is 275 g/mol. The van der Waals surface area contributed by atoms with Gasteiger partial charge in [-0.15, -0.1) is 0 Å². The Morgan fingerprint density at radius 1 is 1.05 bits per heavy atom. The Bertz CT molecular complexity index is 402. The van der Waals surface area contributed by atoms with E-state index in [0.29, 0.717) is 0 Å². The highest BCUT2D eigenvalue weighted by molar-refractivity contribution is 5.27. The predicted octanol–water partition coefficient (Wildman–Crippen LogP) is 3.94. The zero-order chi connectivity index (χ0) is 14.6. The van der Waals surface area contributed by atoms with E-state index in [-0.39, 0.29) is 11.6 Å². The van der Waals surface area contributed by atoms with E-state index in [4.69, 9.17) is 0 Å². The summed E-state index contributed by atoms with van der Waals surface area (Å²) in [6.07, 6.45) is 5.39. The maximum Gasteiger partial charge on any atom is 0.0973 e. The van der Waals surface area contributed by atoms with Crippen LogP contribution in [0.5, 0.6) is 0 Å². The van der Waals surface area contributed by atoms with E-state index >= 15 is 0 Å². The molecule has 1 aliphatic rings. The normalized spacial score (nSPS) is 19.4. The highest BCUT2D eigenvalue weighted by atomic mass is 16.3. The summed E-state index contributed by atoms with van der Waals surface area (Å²) in [7, 11) is 0. The number of aryl methyl sites for hydroxylation is 1. The highest BCUT2D eigenvalue weighted by Crippen LogP contribution is 2.44. The molecule has 1 aliphatic carbocycles. The fourth-order valence-corrected chi connectivity index (χ4v) is 3.85. The van der Waals surface area contributed by atoms with Crippen molar-refractivity contribution in [2.45, 2.75) is 64.5 Å². The maximum absolute atomic E-state index is 11.0. The second kappa shape index (κ2) is 6.73. The first kappa shape index (κ1) is 15.5. The number of aliphatic hydroxyl groups is 1. The zero-order valence-corrected chi connectivity index (χ0v) is 13.2. The molecule has 1 N–H and O–H groups in total. The number of benzene rings is 1. The third-order valence-corrected chi connectivity index (χ3v) is 5.08. The van der Waals surface area contributed by atoms with Gasteiger partial charge >= 0.3 is 0 Å². The van der Waals surface area contributed by atoms with E-state index in [2.05, 4.69) is 49.9 Å². The van der Waals surface area contributed by atoms with Crippen LogP contribution in [0.3, 0.4) is 0 Å². The van der Waals surface area contributed by atoms with Crippen LogP contribution in [0.15, 0.2) is 24.3 Å². The van der Waals surface area contributed by atoms with Crippen molar-refractivity contribution in [1.82, 2.24) is 4.90 Å². The fraction of sp³-hybridized carbons (Fsp3) is 0.667. The van der Waals surface area contributed by atoms with E-state index < -0.39 is 0 Å². The van der Waals surface area contributed by atoms with E-state index in [1.54, 1.807) is 0 Å². The van der Waals surface area contributed by atoms with Gasteiger partial charge in [0.25, 0.3) is 0 Å². The van der Waals surface area contributed by atoms with Crippen LogP contribution in [0.2, 0.25) is 0 Å². The molecule has 2 heteroatoms. The SMILES string of the molecule is CCc1ccc(C(O)C2(N(CC)CC)CCCC2)cc1. The van der Waals surface area contributed by atoms with Gasteiger partial charge in [-0.3, -0.25) is 4.90 Å². The molecule has 2 nitrogen and oxygen atoms in total. The standard InChI is InChI=1S/C18H29NO/c1-4-15-9-11-16(12-10-15)17(20)18(13-7-8-14-18)19(5-2)6-3/h9-12,17,20H,4-8,13-14H2,1-3H3. The molecule has 2 rings (SSSR count). The van der Waals surface area contributed by atoms with Crippen LogP contribution in [0, 0.1) is 0 Å². The first-order valence-corrected chi connectivity index (χ1v) is 8.19. The molecule has 1 saturated carbocycles. The number of rotatable bonds is 6. The Labute approximate surface area is 123 Å². The van der Waals surface area contributed by atoms with Crippen molar-refractivity contribution < 1.29 is 5.11 Å². The molecule has 0 spiro atoms. The molecule has 0 amide bonds. The summed E-state index contributed by atoms with van der Waals surface area (Å²) < 4.78 is 0. The summed E-state index contributed by atoms with van der Waals surface area (Å²) in [5.74, 6) is 0. The van der Waals surface area contributed by atoms with Crippen molar-refractivity contribution in [2.24, 2.45) is 0 Å². The van der Waals surface area contributed by atoms with Gasteiger partial charge < -0.3 is 5.11 Å². The Morgan fingerprint density at radius 2 is 1.60 bits per heavy atom. The Kier molecular flexibility index (Phi) is 5.22. The molecule has 0 aromatic heterocycles. The van der Waals surface area contributed by atoms with Crippen molar-refractivity contribution in [3.05, 3.63) is 35.4 Å². The molecule has 20 heavy (non-hydrogen) atoms. The molecule has 1 unspecified atom stereocenters. The summed E-state index contributed by atoms with van der Waals surface area (Å²) in [5.41, 5.74) is 2.37. The van der Waals surface area contributed by atoms with Crippen molar-refractivity contribution >= 4 is 0 Å². The summed E-state index contributed by atoms with van der Waals surface area (Å²) in [4.78, 5) is 2.47. The second-order valence-electron chi connectivity index (χ2n) is 5.98.